The summed E-state index contributed by atoms with van der Waals surface area (Å²) in [7, 11) is -3.49. The van der Waals surface area contributed by atoms with Crippen molar-refractivity contribution in [2.24, 2.45) is 5.92 Å². The van der Waals surface area contributed by atoms with Gasteiger partial charge in [-0.05, 0) is 32.8 Å². The Morgan fingerprint density at radius 1 is 1.26 bits per heavy atom. The summed E-state index contributed by atoms with van der Waals surface area (Å²) < 4.78 is 23.3. The van der Waals surface area contributed by atoms with Crippen molar-refractivity contribution in [2.75, 3.05) is 12.3 Å². The average Bonchev–Trinajstić information content (AvgIpc) is 2.42. The Hall–Kier alpha value is -1.89. The highest BCUT2D eigenvalue weighted by atomic mass is 32.2. The quantitative estimate of drug-likeness (QED) is 0.739. The van der Waals surface area contributed by atoms with Gasteiger partial charge in [-0.15, -0.1) is 0 Å². The number of aliphatic carboxylic acids is 1. The van der Waals surface area contributed by atoms with Gasteiger partial charge in [-0.2, -0.15) is 0 Å². The smallest absolute Gasteiger partial charge is 0.308 e. The minimum Gasteiger partial charge on any atom is -0.481 e. The van der Waals surface area contributed by atoms with Crippen LogP contribution in [0.4, 0.5) is 0 Å². The van der Waals surface area contributed by atoms with E-state index in [1.807, 2.05) is 31.2 Å². The lowest BCUT2D eigenvalue weighted by Crippen LogP contribution is -2.38. The zero-order valence-electron chi connectivity index (χ0n) is 13.6. The van der Waals surface area contributed by atoms with E-state index in [4.69, 9.17) is 0 Å². The molecule has 0 aliphatic carbocycles. The van der Waals surface area contributed by atoms with Crippen LogP contribution in [0.1, 0.15) is 25.0 Å². The fourth-order valence-corrected chi connectivity index (χ4v) is 2.81. The van der Waals surface area contributed by atoms with Crippen LogP contribution in [0.15, 0.2) is 24.3 Å². The predicted octanol–water partition coefficient (Wildman–Crippen LogP) is 1.18. The summed E-state index contributed by atoms with van der Waals surface area (Å²) in [5, 5.41) is 11.0. The number of sulfone groups is 1. The molecular formula is C16H23NO5S. The molecule has 6 nitrogen and oxygen atoms in total. The topological polar surface area (TPSA) is 101 Å². The molecule has 7 heteroatoms. The minimum atomic E-state index is -3.49. The van der Waals surface area contributed by atoms with Gasteiger partial charge in [-0.1, -0.05) is 29.8 Å². The van der Waals surface area contributed by atoms with Crippen molar-refractivity contribution in [3.05, 3.63) is 35.4 Å². The van der Waals surface area contributed by atoms with E-state index in [-0.39, 0.29) is 13.0 Å². The fraction of sp³-hybridized carbons (Fsp3) is 0.500. The molecule has 128 valence electrons. The van der Waals surface area contributed by atoms with Crippen LogP contribution in [-0.4, -0.2) is 42.9 Å². The maximum atomic E-state index is 11.7. The Bertz CT molecular complexity index is 667. The van der Waals surface area contributed by atoms with Crippen LogP contribution in [0.3, 0.4) is 0 Å². The molecule has 1 aromatic carbocycles. The van der Waals surface area contributed by atoms with Gasteiger partial charge in [0.05, 0.1) is 11.2 Å². The van der Waals surface area contributed by atoms with Crippen molar-refractivity contribution in [3.63, 3.8) is 0 Å². The summed E-state index contributed by atoms with van der Waals surface area (Å²) in [5.74, 6) is -3.13. The van der Waals surface area contributed by atoms with E-state index >= 15 is 0 Å². The van der Waals surface area contributed by atoms with Gasteiger partial charge in [-0.3, -0.25) is 9.59 Å². The molecule has 0 heterocycles. The van der Waals surface area contributed by atoms with Crippen molar-refractivity contribution in [1.82, 2.24) is 5.32 Å². The van der Waals surface area contributed by atoms with Crippen LogP contribution in [-0.2, 0) is 25.8 Å². The maximum absolute atomic E-state index is 11.7. The first kappa shape index (κ1) is 19.2. The SMILES string of the molecule is Cc1cccc(CC(CNC(=O)CS(=O)(=O)C(C)C)C(=O)O)c1. The van der Waals surface area contributed by atoms with Crippen molar-refractivity contribution < 1.29 is 23.1 Å². The highest BCUT2D eigenvalue weighted by molar-refractivity contribution is 7.92. The van der Waals surface area contributed by atoms with Gasteiger partial charge in [0.25, 0.3) is 0 Å². The van der Waals surface area contributed by atoms with Gasteiger partial charge in [0, 0.05) is 6.54 Å². The molecule has 0 aliphatic heterocycles. The summed E-state index contributed by atoms with van der Waals surface area (Å²) in [6, 6.07) is 7.48. The molecule has 0 bridgehead atoms. The highest BCUT2D eigenvalue weighted by Gasteiger charge is 2.23. The maximum Gasteiger partial charge on any atom is 0.308 e. The average molecular weight is 341 g/mol. The first-order valence-electron chi connectivity index (χ1n) is 7.38. The lowest BCUT2D eigenvalue weighted by Gasteiger charge is -2.14. The normalized spacial score (nSPS) is 12.9. The third kappa shape index (κ3) is 6.40. The monoisotopic (exact) mass is 341 g/mol. The zero-order chi connectivity index (χ0) is 17.6. The number of carboxylic acids is 1. The van der Waals surface area contributed by atoms with E-state index in [9.17, 15) is 23.1 Å². The number of hydrogen-bond acceptors (Lipinski definition) is 4. The Balaban J connectivity index is 2.64. The number of benzene rings is 1. The molecule has 0 fully saturated rings. The zero-order valence-corrected chi connectivity index (χ0v) is 14.4. The molecule has 1 aromatic rings. The van der Waals surface area contributed by atoms with E-state index < -0.39 is 38.6 Å². The van der Waals surface area contributed by atoms with Gasteiger partial charge in [0.15, 0.2) is 9.84 Å². The van der Waals surface area contributed by atoms with Crippen LogP contribution >= 0.6 is 0 Å². The van der Waals surface area contributed by atoms with Crippen molar-refractivity contribution in [1.29, 1.82) is 0 Å². The molecule has 0 aliphatic rings. The van der Waals surface area contributed by atoms with Gasteiger partial charge < -0.3 is 10.4 Å². The fourth-order valence-electron chi connectivity index (χ4n) is 2.01. The number of carboxylic acid groups (broad SMARTS) is 1. The lowest BCUT2D eigenvalue weighted by molar-refractivity contribution is -0.141. The molecular weight excluding hydrogens is 318 g/mol. The number of hydrogen-bond donors (Lipinski definition) is 2. The lowest BCUT2D eigenvalue weighted by atomic mass is 9.98. The van der Waals surface area contributed by atoms with Crippen molar-refractivity contribution in [3.8, 4) is 0 Å². The molecule has 1 amide bonds. The van der Waals surface area contributed by atoms with E-state index in [0.29, 0.717) is 0 Å². The van der Waals surface area contributed by atoms with Gasteiger partial charge >= 0.3 is 5.97 Å². The summed E-state index contributed by atoms with van der Waals surface area (Å²) in [6.45, 7) is 4.81. The summed E-state index contributed by atoms with van der Waals surface area (Å²) >= 11 is 0. The Labute approximate surface area is 136 Å². The summed E-state index contributed by atoms with van der Waals surface area (Å²) in [6.07, 6.45) is 0.272. The standard InChI is InChI=1S/C16H23NO5S/c1-11(2)23(21,22)10-15(18)17-9-14(16(19)20)8-13-6-4-5-12(3)7-13/h4-7,11,14H,8-10H2,1-3H3,(H,17,18)(H,19,20). The van der Waals surface area contributed by atoms with E-state index in [0.717, 1.165) is 11.1 Å². The Kier molecular flexibility index (Phi) is 6.75. The van der Waals surface area contributed by atoms with Crippen molar-refractivity contribution >= 4 is 21.7 Å². The molecule has 0 aromatic heterocycles. The van der Waals surface area contributed by atoms with Crippen LogP contribution in [0, 0.1) is 12.8 Å². The molecule has 1 atom stereocenters. The van der Waals surface area contributed by atoms with Gasteiger partial charge in [-0.25, -0.2) is 8.42 Å². The molecule has 0 radical (unpaired) electrons. The number of rotatable bonds is 8. The molecule has 2 N–H and O–H groups in total. The second-order valence-electron chi connectivity index (χ2n) is 5.89. The number of carbonyl (C=O) groups excluding carboxylic acids is 1. The second kappa shape index (κ2) is 8.10. The van der Waals surface area contributed by atoms with Crippen LogP contribution in [0.5, 0.6) is 0 Å². The Morgan fingerprint density at radius 2 is 1.91 bits per heavy atom. The highest BCUT2D eigenvalue weighted by Crippen LogP contribution is 2.11. The number of carbonyl (C=O) groups is 2. The van der Waals surface area contributed by atoms with Gasteiger partial charge in [0.2, 0.25) is 5.91 Å². The molecule has 1 unspecified atom stereocenters. The number of amides is 1. The number of nitrogens with one attached hydrogen (secondary N) is 1. The third-order valence-corrected chi connectivity index (χ3v) is 5.61. The predicted molar refractivity (Wildman–Crippen MR) is 87.9 cm³/mol. The van der Waals surface area contributed by atoms with E-state index in [2.05, 4.69) is 5.32 Å². The van der Waals surface area contributed by atoms with Crippen LogP contribution in [0.2, 0.25) is 0 Å². The van der Waals surface area contributed by atoms with E-state index in [1.165, 1.54) is 13.8 Å². The molecule has 0 saturated heterocycles. The first-order valence-corrected chi connectivity index (χ1v) is 9.10. The molecule has 23 heavy (non-hydrogen) atoms. The second-order valence-corrected chi connectivity index (χ2v) is 8.45. The van der Waals surface area contributed by atoms with E-state index in [1.54, 1.807) is 0 Å². The summed E-state index contributed by atoms with van der Waals surface area (Å²) in [4.78, 5) is 23.0. The van der Waals surface area contributed by atoms with Gasteiger partial charge in [0.1, 0.15) is 5.75 Å². The summed E-state index contributed by atoms with van der Waals surface area (Å²) in [5.41, 5.74) is 1.89. The first-order chi connectivity index (χ1) is 10.6. The largest absolute Gasteiger partial charge is 0.481 e. The Morgan fingerprint density at radius 3 is 2.43 bits per heavy atom. The molecule has 0 saturated carbocycles. The minimum absolute atomic E-state index is 0.101. The van der Waals surface area contributed by atoms with Crippen molar-refractivity contribution in [2.45, 2.75) is 32.4 Å². The van der Waals surface area contributed by atoms with Crippen LogP contribution in [0.25, 0.3) is 0 Å². The molecule has 0 spiro atoms. The third-order valence-electron chi connectivity index (χ3n) is 3.51. The van der Waals surface area contributed by atoms with Crippen LogP contribution < -0.4 is 5.32 Å². The molecule has 1 rings (SSSR count). The number of aryl methyl sites for hydroxylation is 1.